The van der Waals surface area contributed by atoms with Gasteiger partial charge in [-0.15, -0.1) is 0 Å². The number of nitrogens with zero attached hydrogens (tertiary/aromatic N) is 8. The second-order valence-electron chi connectivity index (χ2n) is 8.46. The highest BCUT2D eigenvalue weighted by Gasteiger charge is 2.37. The molecular formula is C20H24F6N8O6. The number of hydrogen-bond acceptors (Lipinski definition) is 7. The Bertz CT molecular complexity index is 1640. The minimum absolute atomic E-state index is 0.195. The fourth-order valence-electron chi connectivity index (χ4n) is 3.49. The Morgan fingerprint density at radius 1 is 0.600 bits per heavy atom. The smallest absolute Gasteiger partial charge is 0.292 e. The molecule has 0 bridgehead atoms. The second kappa shape index (κ2) is 11.4. The zero-order valence-corrected chi connectivity index (χ0v) is 21.7. The van der Waals surface area contributed by atoms with Crippen LogP contribution in [0.25, 0.3) is 0 Å². The largest absolute Gasteiger partial charge is 0.450 e. The quantitative estimate of drug-likeness (QED) is 0.299. The molecule has 0 saturated heterocycles. The van der Waals surface area contributed by atoms with Crippen LogP contribution < -0.4 is 34.0 Å². The minimum atomic E-state index is -4.80. The van der Waals surface area contributed by atoms with Crippen LogP contribution in [0.1, 0.15) is 24.4 Å². The Balaban J connectivity index is 0.000000211. The summed E-state index contributed by atoms with van der Waals surface area (Å²) in [5, 5.41) is 0. The Hall–Kier alpha value is -4.39. The summed E-state index contributed by atoms with van der Waals surface area (Å²) in [6.07, 6.45) is -7.52. The average molecular weight is 586 g/mol. The molecule has 0 unspecified atom stereocenters. The summed E-state index contributed by atoms with van der Waals surface area (Å²) in [6, 6.07) is 0.390. The van der Waals surface area contributed by atoms with Crippen molar-refractivity contribution < 1.29 is 26.3 Å². The molecule has 0 radical (unpaired) electrons. The summed E-state index contributed by atoms with van der Waals surface area (Å²) < 4.78 is 79.2. The molecule has 0 aliphatic carbocycles. The molecule has 1 aliphatic heterocycles. The van der Waals surface area contributed by atoms with Crippen LogP contribution in [0.3, 0.4) is 0 Å². The molecule has 4 heterocycles. The molecule has 0 aromatic carbocycles. The van der Waals surface area contributed by atoms with Crippen LogP contribution in [-0.2, 0) is 60.7 Å². The Kier molecular flexibility index (Phi) is 9.06. The molecule has 40 heavy (non-hydrogen) atoms. The van der Waals surface area contributed by atoms with Gasteiger partial charge in [-0.05, 0) is 12.8 Å². The van der Waals surface area contributed by atoms with Crippen LogP contribution >= 0.6 is 0 Å². The van der Waals surface area contributed by atoms with E-state index in [0.717, 1.165) is 45.6 Å². The lowest BCUT2D eigenvalue weighted by molar-refractivity contribution is -0.148. The molecular weight excluding hydrogens is 562 g/mol. The SMILES string of the molecule is Cn1c(=O)n2n(c1=O)CCCC2.Cn1c(C(F)(F)F)cc(=O)n(C)c1=O.Cn1c(C(F)(F)F)nc(=O)n(C)c1=O. The van der Waals surface area contributed by atoms with Crippen molar-refractivity contribution in [3.8, 4) is 0 Å². The van der Waals surface area contributed by atoms with E-state index in [1.54, 1.807) is 0 Å². The molecule has 0 N–H and O–H groups in total. The third-order valence-corrected chi connectivity index (χ3v) is 5.75. The molecule has 20 heteroatoms. The first-order valence-electron chi connectivity index (χ1n) is 11.1. The van der Waals surface area contributed by atoms with Gasteiger partial charge in [-0.3, -0.25) is 18.5 Å². The predicted octanol–water partition coefficient (Wildman–Crippen LogP) is -1.26. The third kappa shape index (κ3) is 6.42. The summed E-state index contributed by atoms with van der Waals surface area (Å²) in [7, 11) is 5.55. The fraction of sp³-hybridized carbons (Fsp3) is 0.550. The van der Waals surface area contributed by atoms with Gasteiger partial charge in [-0.25, -0.2) is 42.5 Å². The first-order valence-corrected chi connectivity index (χ1v) is 11.1. The van der Waals surface area contributed by atoms with E-state index in [4.69, 9.17) is 0 Å². The zero-order valence-electron chi connectivity index (χ0n) is 21.7. The number of fused-ring (bicyclic) bond motifs is 1. The van der Waals surface area contributed by atoms with Crippen LogP contribution in [0.4, 0.5) is 26.3 Å². The lowest BCUT2D eigenvalue weighted by Crippen LogP contribution is -2.42. The van der Waals surface area contributed by atoms with Crippen LogP contribution in [0, 0.1) is 0 Å². The van der Waals surface area contributed by atoms with E-state index in [0.29, 0.717) is 32.9 Å². The van der Waals surface area contributed by atoms with Crippen LogP contribution in [0.5, 0.6) is 0 Å². The topological polar surface area (TPSA) is 150 Å². The van der Waals surface area contributed by atoms with E-state index < -0.39 is 46.5 Å². The van der Waals surface area contributed by atoms with E-state index in [1.807, 2.05) is 0 Å². The molecule has 222 valence electrons. The maximum absolute atomic E-state index is 12.2. The fourth-order valence-corrected chi connectivity index (χ4v) is 3.49. The molecule has 0 atom stereocenters. The van der Waals surface area contributed by atoms with Gasteiger partial charge in [0.05, 0.1) is 0 Å². The zero-order chi connectivity index (χ0) is 30.9. The van der Waals surface area contributed by atoms with E-state index in [2.05, 4.69) is 4.98 Å². The monoisotopic (exact) mass is 586 g/mol. The molecule has 3 aromatic heterocycles. The highest BCUT2D eigenvalue weighted by Crippen LogP contribution is 2.26. The highest BCUT2D eigenvalue weighted by atomic mass is 19.4. The molecule has 14 nitrogen and oxygen atoms in total. The Morgan fingerprint density at radius 3 is 1.48 bits per heavy atom. The maximum atomic E-state index is 12.2. The number of alkyl halides is 6. The minimum Gasteiger partial charge on any atom is -0.292 e. The van der Waals surface area contributed by atoms with Crippen LogP contribution in [0.2, 0.25) is 0 Å². The number of rotatable bonds is 0. The first-order chi connectivity index (χ1) is 18.2. The average Bonchev–Trinajstić information content (AvgIpc) is 3.09. The van der Waals surface area contributed by atoms with Crippen molar-refractivity contribution in [1.29, 1.82) is 0 Å². The van der Waals surface area contributed by atoms with Gasteiger partial charge in [-0.2, -0.15) is 31.3 Å². The number of halogens is 6. The molecule has 3 aromatic rings. The standard InChI is InChI=1S/C7H7F3N2O2.C7H11N3O2.C6H6F3N3O2/c1-11-4(7(8,9)10)3-5(13)12(2)6(11)14;1-8-6(11)9-4-2-3-5-10(9)7(8)12;1-11-3(6(7,8)9)10-4(13)12(2)5(11)14/h3H,1-2H3;2-5H2,1H3;1-2H3. The van der Waals surface area contributed by atoms with Gasteiger partial charge < -0.3 is 0 Å². The maximum Gasteiger partial charge on any atom is 0.450 e. The van der Waals surface area contributed by atoms with Crippen molar-refractivity contribution >= 4 is 0 Å². The molecule has 4 rings (SSSR count). The molecule has 0 fully saturated rings. The van der Waals surface area contributed by atoms with Gasteiger partial charge in [-0.1, -0.05) is 0 Å². The normalized spacial score (nSPS) is 13.1. The van der Waals surface area contributed by atoms with Gasteiger partial charge in [0.15, 0.2) is 0 Å². The lowest BCUT2D eigenvalue weighted by Gasteiger charge is -2.13. The molecule has 0 spiro atoms. The summed E-state index contributed by atoms with van der Waals surface area (Å²) in [4.78, 5) is 69.3. The summed E-state index contributed by atoms with van der Waals surface area (Å²) >= 11 is 0. The van der Waals surface area contributed by atoms with Gasteiger partial charge in [0.25, 0.3) is 5.56 Å². The van der Waals surface area contributed by atoms with E-state index in [-0.39, 0.29) is 15.9 Å². The predicted molar refractivity (Wildman–Crippen MR) is 125 cm³/mol. The van der Waals surface area contributed by atoms with E-state index in [1.165, 1.54) is 16.4 Å². The van der Waals surface area contributed by atoms with Gasteiger partial charge in [0.1, 0.15) is 5.69 Å². The molecule has 1 aliphatic rings. The third-order valence-electron chi connectivity index (χ3n) is 5.75. The highest BCUT2D eigenvalue weighted by molar-refractivity contribution is 5.06. The summed E-state index contributed by atoms with van der Waals surface area (Å²) in [5.41, 5.74) is -5.88. The van der Waals surface area contributed by atoms with Gasteiger partial charge in [0, 0.05) is 54.4 Å². The first kappa shape index (κ1) is 31.8. The lowest BCUT2D eigenvalue weighted by atomic mass is 10.3. The van der Waals surface area contributed by atoms with Crippen molar-refractivity contribution in [1.82, 2.24) is 37.2 Å². The Morgan fingerprint density at radius 2 is 1.05 bits per heavy atom. The molecule has 0 amide bonds. The van der Waals surface area contributed by atoms with Crippen molar-refractivity contribution in [3.63, 3.8) is 0 Å². The van der Waals surface area contributed by atoms with Gasteiger partial charge in [0.2, 0.25) is 5.82 Å². The Labute approximate surface area is 218 Å². The number of aromatic nitrogens is 8. The van der Waals surface area contributed by atoms with Crippen molar-refractivity contribution in [3.05, 3.63) is 80.4 Å². The van der Waals surface area contributed by atoms with Gasteiger partial charge >= 0.3 is 40.8 Å². The number of hydrogen-bond donors (Lipinski definition) is 0. The van der Waals surface area contributed by atoms with E-state index >= 15 is 0 Å². The summed E-state index contributed by atoms with van der Waals surface area (Å²) in [6.45, 7) is 1.35. The second-order valence-corrected chi connectivity index (χ2v) is 8.46. The molecule has 0 saturated carbocycles. The van der Waals surface area contributed by atoms with Crippen molar-refractivity contribution in [2.24, 2.45) is 35.2 Å². The van der Waals surface area contributed by atoms with Crippen LogP contribution in [-0.4, -0.2) is 37.2 Å². The van der Waals surface area contributed by atoms with Crippen molar-refractivity contribution in [2.75, 3.05) is 0 Å². The van der Waals surface area contributed by atoms with Crippen LogP contribution in [0.15, 0.2) is 34.8 Å². The summed E-state index contributed by atoms with van der Waals surface area (Å²) in [5.74, 6) is -1.49. The van der Waals surface area contributed by atoms with Crippen molar-refractivity contribution in [2.45, 2.75) is 38.3 Å². The van der Waals surface area contributed by atoms with E-state index in [9.17, 15) is 55.1 Å².